The lowest BCUT2D eigenvalue weighted by Crippen LogP contribution is -2.27. The van der Waals surface area contributed by atoms with Gasteiger partial charge in [-0.3, -0.25) is 0 Å². The van der Waals surface area contributed by atoms with Crippen molar-refractivity contribution in [3.8, 4) is 0 Å². The highest BCUT2D eigenvalue weighted by Crippen LogP contribution is 2.27. The molecule has 17 heavy (non-hydrogen) atoms. The summed E-state index contributed by atoms with van der Waals surface area (Å²) in [6, 6.07) is 0.741. The van der Waals surface area contributed by atoms with Gasteiger partial charge in [0.05, 0.1) is 11.0 Å². The minimum absolute atomic E-state index is 0.115. The van der Waals surface area contributed by atoms with Crippen LogP contribution in [0.3, 0.4) is 0 Å². The van der Waals surface area contributed by atoms with Gasteiger partial charge in [0.2, 0.25) is 0 Å². The minimum atomic E-state index is -2.88. The standard InChI is InChI=1S/C13H27NO2S/c1-11(2)17(15,16)10-8-13(3,4)7-9-14-12-5-6-12/h11-12,14H,5-10H2,1-4H3. The van der Waals surface area contributed by atoms with Gasteiger partial charge in [-0.2, -0.15) is 0 Å². The molecule has 0 aromatic rings. The molecule has 3 nitrogen and oxygen atoms in total. The first-order chi connectivity index (χ1) is 7.73. The van der Waals surface area contributed by atoms with Crippen LogP contribution in [-0.2, 0) is 9.84 Å². The van der Waals surface area contributed by atoms with Crippen molar-refractivity contribution in [1.29, 1.82) is 0 Å². The van der Waals surface area contributed by atoms with Crippen LogP contribution in [0, 0.1) is 5.41 Å². The monoisotopic (exact) mass is 261 g/mol. The van der Waals surface area contributed by atoms with Crippen LogP contribution >= 0.6 is 0 Å². The quantitative estimate of drug-likeness (QED) is 0.729. The molecule has 1 N–H and O–H groups in total. The summed E-state index contributed by atoms with van der Waals surface area (Å²) in [7, 11) is -2.88. The van der Waals surface area contributed by atoms with E-state index in [0.717, 1.165) is 25.4 Å². The van der Waals surface area contributed by atoms with Crippen LogP contribution in [0.4, 0.5) is 0 Å². The van der Waals surface area contributed by atoms with Crippen molar-refractivity contribution in [2.24, 2.45) is 5.41 Å². The number of hydrogen-bond donors (Lipinski definition) is 1. The number of rotatable bonds is 8. The smallest absolute Gasteiger partial charge is 0.152 e. The first-order valence-corrected chi connectivity index (χ1v) is 8.39. The molecule has 0 aliphatic heterocycles. The molecule has 0 spiro atoms. The van der Waals surface area contributed by atoms with Crippen molar-refractivity contribution in [3.63, 3.8) is 0 Å². The van der Waals surface area contributed by atoms with Crippen LogP contribution in [0.5, 0.6) is 0 Å². The van der Waals surface area contributed by atoms with Crippen molar-refractivity contribution >= 4 is 9.84 Å². The van der Waals surface area contributed by atoms with Gasteiger partial charge in [0.1, 0.15) is 0 Å². The number of hydrogen-bond acceptors (Lipinski definition) is 3. The Labute approximate surface area is 106 Å². The minimum Gasteiger partial charge on any atom is -0.314 e. The van der Waals surface area contributed by atoms with E-state index in [4.69, 9.17) is 0 Å². The molecule has 0 heterocycles. The van der Waals surface area contributed by atoms with Crippen LogP contribution in [0.15, 0.2) is 0 Å². The molecule has 1 saturated carbocycles. The lowest BCUT2D eigenvalue weighted by Gasteiger charge is -2.25. The maximum Gasteiger partial charge on any atom is 0.152 e. The average Bonchev–Trinajstić information content (AvgIpc) is 2.99. The second-order valence-corrected chi connectivity index (χ2v) is 8.99. The van der Waals surface area contributed by atoms with E-state index in [2.05, 4.69) is 19.2 Å². The summed E-state index contributed by atoms with van der Waals surface area (Å²) < 4.78 is 23.5. The van der Waals surface area contributed by atoms with Crippen LogP contribution < -0.4 is 5.32 Å². The molecule has 0 aromatic heterocycles. The van der Waals surface area contributed by atoms with Crippen molar-refractivity contribution in [2.75, 3.05) is 12.3 Å². The molecular weight excluding hydrogens is 234 g/mol. The molecule has 102 valence electrons. The van der Waals surface area contributed by atoms with Crippen molar-refractivity contribution < 1.29 is 8.42 Å². The number of sulfone groups is 1. The summed E-state index contributed by atoms with van der Waals surface area (Å²) in [4.78, 5) is 0. The Bertz CT molecular complexity index is 329. The second kappa shape index (κ2) is 5.70. The van der Waals surface area contributed by atoms with E-state index in [9.17, 15) is 8.42 Å². The highest BCUT2D eigenvalue weighted by atomic mass is 32.2. The number of nitrogens with one attached hydrogen (secondary N) is 1. The molecule has 0 amide bonds. The fourth-order valence-electron chi connectivity index (χ4n) is 1.68. The molecule has 0 bridgehead atoms. The maximum absolute atomic E-state index is 11.8. The summed E-state index contributed by atoms with van der Waals surface area (Å²) in [6.45, 7) is 8.86. The van der Waals surface area contributed by atoms with Crippen LogP contribution in [0.1, 0.15) is 53.4 Å². The maximum atomic E-state index is 11.8. The Morgan fingerprint density at radius 1 is 1.24 bits per heavy atom. The molecule has 0 unspecified atom stereocenters. The van der Waals surface area contributed by atoms with Gasteiger partial charge in [-0.1, -0.05) is 13.8 Å². The van der Waals surface area contributed by atoms with Gasteiger partial charge in [0.15, 0.2) is 9.84 Å². The molecule has 1 fully saturated rings. The summed E-state index contributed by atoms with van der Waals surface area (Å²) in [5.74, 6) is 0.321. The third-order valence-electron chi connectivity index (χ3n) is 3.59. The fourth-order valence-corrected chi connectivity index (χ4v) is 2.99. The van der Waals surface area contributed by atoms with E-state index < -0.39 is 9.84 Å². The zero-order valence-corrected chi connectivity index (χ0v) is 12.4. The van der Waals surface area contributed by atoms with Crippen LogP contribution in [0.25, 0.3) is 0 Å². The van der Waals surface area contributed by atoms with E-state index >= 15 is 0 Å². The van der Waals surface area contributed by atoms with Crippen molar-refractivity contribution in [1.82, 2.24) is 5.32 Å². The Kier molecular flexibility index (Phi) is 5.02. The van der Waals surface area contributed by atoms with E-state index in [1.807, 2.05) is 0 Å². The summed E-state index contributed by atoms with van der Waals surface area (Å²) in [6.07, 6.45) is 4.43. The Balaban J connectivity index is 2.27. The summed E-state index contributed by atoms with van der Waals surface area (Å²) in [5, 5.41) is 3.24. The second-order valence-electron chi connectivity index (χ2n) is 6.31. The molecule has 1 rings (SSSR count). The molecule has 0 saturated heterocycles. The molecular formula is C13H27NO2S. The first-order valence-electron chi connectivity index (χ1n) is 6.68. The van der Waals surface area contributed by atoms with Gasteiger partial charge < -0.3 is 5.32 Å². The van der Waals surface area contributed by atoms with E-state index in [-0.39, 0.29) is 10.7 Å². The molecule has 0 radical (unpaired) electrons. The van der Waals surface area contributed by atoms with Gasteiger partial charge in [-0.05, 0) is 51.5 Å². The molecule has 1 aliphatic rings. The predicted octanol–water partition coefficient (Wildman–Crippen LogP) is 2.37. The fraction of sp³-hybridized carbons (Fsp3) is 1.00. The van der Waals surface area contributed by atoms with E-state index in [1.165, 1.54) is 12.8 Å². The third kappa shape index (κ3) is 5.87. The average molecular weight is 261 g/mol. The van der Waals surface area contributed by atoms with Crippen molar-refractivity contribution in [3.05, 3.63) is 0 Å². The Morgan fingerprint density at radius 3 is 2.29 bits per heavy atom. The van der Waals surface area contributed by atoms with Crippen molar-refractivity contribution in [2.45, 2.75) is 64.7 Å². The lowest BCUT2D eigenvalue weighted by molar-refractivity contribution is 0.315. The Hall–Kier alpha value is -0.0900. The predicted molar refractivity (Wildman–Crippen MR) is 73.0 cm³/mol. The topological polar surface area (TPSA) is 46.2 Å². The van der Waals surface area contributed by atoms with Gasteiger partial charge in [0.25, 0.3) is 0 Å². The zero-order valence-electron chi connectivity index (χ0n) is 11.6. The van der Waals surface area contributed by atoms with Crippen LogP contribution in [0.2, 0.25) is 0 Å². The van der Waals surface area contributed by atoms with Gasteiger partial charge in [-0.25, -0.2) is 8.42 Å². The van der Waals surface area contributed by atoms with E-state index in [0.29, 0.717) is 5.75 Å². The zero-order chi connectivity index (χ0) is 13.1. The third-order valence-corrected chi connectivity index (χ3v) is 5.80. The lowest BCUT2D eigenvalue weighted by atomic mass is 9.86. The summed E-state index contributed by atoms with van der Waals surface area (Å²) in [5.41, 5.74) is 0.115. The summed E-state index contributed by atoms with van der Waals surface area (Å²) >= 11 is 0. The largest absolute Gasteiger partial charge is 0.314 e. The van der Waals surface area contributed by atoms with Crippen LogP contribution in [-0.4, -0.2) is 32.0 Å². The van der Waals surface area contributed by atoms with Gasteiger partial charge in [0, 0.05) is 6.04 Å². The molecule has 4 heteroatoms. The van der Waals surface area contributed by atoms with Gasteiger partial charge in [-0.15, -0.1) is 0 Å². The molecule has 0 atom stereocenters. The van der Waals surface area contributed by atoms with E-state index in [1.54, 1.807) is 13.8 Å². The Morgan fingerprint density at radius 2 is 1.82 bits per heavy atom. The SMILES string of the molecule is CC(C)S(=O)(=O)CCC(C)(C)CCNC1CC1. The highest BCUT2D eigenvalue weighted by Gasteiger charge is 2.25. The molecule has 1 aliphatic carbocycles. The highest BCUT2D eigenvalue weighted by molar-refractivity contribution is 7.91. The first kappa shape index (κ1) is 15.0. The normalized spacial score (nSPS) is 17.7. The van der Waals surface area contributed by atoms with Gasteiger partial charge >= 0.3 is 0 Å². The molecule has 0 aromatic carbocycles.